The van der Waals surface area contributed by atoms with Gasteiger partial charge in [0.1, 0.15) is 12.1 Å². The summed E-state index contributed by atoms with van der Waals surface area (Å²) in [5.74, 6) is -0.403. The molecule has 1 atom stereocenters. The molecule has 0 aromatic carbocycles. The van der Waals surface area contributed by atoms with Gasteiger partial charge in [-0.25, -0.2) is 4.79 Å². The molecule has 0 aromatic rings. The summed E-state index contributed by atoms with van der Waals surface area (Å²) in [5.41, 5.74) is -0.743. The van der Waals surface area contributed by atoms with E-state index in [1.165, 1.54) is 0 Å². The Morgan fingerprint density at radius 3 is 2.74 bits per heavy atom. The largest absolute Gasteiger partial charge is 0.377 e. The van der Waals surface area contributed by atoms with Gasteiger partial charge in [0.05, 0.1) is 6.10 Å². The molecule has 3 aliphatic rings. The molecule has 0 aromatic heterocycles. The van der Waals surface area contributed by atoms with E-state index in [1.807, 2.05) is 6.92 Å². The van der Waals surface area contributed by atoms with Crippen molar-refractivity contribution < 1.29 is 19.1 Å². The molecule has 4 amide bonds. The van der Waals surface area contributed by atoms with Crippen LogP contribution in [-0.2, 0) is 14.3 Å². The Morgan fingerprint density at radius 2 is 2.04 bits per heavy atom. The molecule has 128 valence electrons. The van der Waals surface area contributed by atoms with Crippen molar-refractivity contribution in [1.82, 2.24) is 15.1 Å². The first-order valence-corrected chi connectivity index (χ1v) is 8.59. The van der Waals surface area contributed by atoms with E-state index in [-0.39, 0.29) is 24.5 Å². The second-order valence-electron chi connectivity index (χ2n) is 6.67. The molecule has 7 heteroatoms. The molecular weight excluding hydrogens is 298 g/mol. The van der Waals surface area contributed by atoms with E-state index >= 15 is 0 Å². The second kappa shape index (κ2) is 6.47. The molecule has 1 spiro atoms. The Morgan fingerprint density at radius 1 is 1.30 bits per heavy atom. The Labute approximate surface area is 136 Å². The van der Waals surface area contributed by atoms with Gasteiger partial charge in [-0.15, -0.1) is 0 Å². The fourth-order valence-electron chi connectivity index (χ4n) is 3.91. The number of imide groups is 1. The lowest BCUT2D eigenvalue weighted by Gasteiger charge is -2.33. The number of nitrogens with zero attached hydrogens (tertiary/aromatic N) is 2. The zero-order valence-corrected chi connectivity index (χ0v) is 13.7. The van der Waals surface area contributed by atoms with Crippen LogP contribution in [-0.4, -0.2) is 65.5 Å². The van der Waals surface area contributed by atoms with Gasteiger partial charge in [-0.3, -0.25) is 14.5 Å². The van der Waals surface area contributed by atoms with Gasteiger partial charge in [0.15, 0.2) is 0 Å². The summed E-state index contributed by atoms with van der Waals surface area (Å²) >= 11 is 0. The molecule has 2 aliphatic heterocycles. The Balaban J connectivity index is 1.61. The van der Waals surface area contributed by atoms with Crippen molar-refractivity contribution in [3.63, 3.8) is 0 Å². The number of piperidine rings is 1. The maximum absolute atomic E-state index is 12.6. The van der Waals surface area contributed by atoms with E-state index in [4.69, 9.17) is 4.74 Å². The topological polar surface area (TPSA) is 79.0 Å². The molecule has 3 rings (SSSR count). The summed E-state index contributed by atoms with van der Waals surface area (Å²) in [4.78, 5) is 40.0. The van der Waals surface area contributed by atoms with Gasteiger partial charge in [-0.1, -0.05) is 12.8 Å². The van der Waals surface area contributed by atoms with Crippen molar-refractivity contribution in [3.8, 4) is 0 Å². The third-order valence-corrected chi connectivity index (χ3v) is 5.13. The van der Waals surface area contributed by atoms with Gasteiger partial charge in [-0.2, -0.15) is 0 Å². The summed E-state index contributed by atoms with van der Waals surface area (Å²) in [5, 5.41) is 2.81. The first-order chi connectivity index (χ1) is 11.1. The SMILES string of the molecule is CCOC1CCCN(C(=O)CN2C(=O)NC3(CCCC3)C2=O)C1. The van der Waals surface area contributed by atoms with Crippen LogP contribution in [0.4, 0.5) is 4.79 Å². The van der Waals surface area contributed by atoms with Crippen LogP contribution in [0.2, 0.25) is 0 Å². The average Bonchev–Trinajstić information content (AvgIpc) is 3.09. The summed E-state index contributed by atoms with van der Waals surface area (Å²) < 4.78 is 5.60. The summed E-state index contributed by atoms with van der Waals surface area (Å²) in [6, 6.07) is -0.427. The van der Waals surface area contributed by atoms with E-state index < -0.39 is 11.6 Å². The molecule has 1 unspecified atom stereocenters. The van der Waals surface area contributed by atoms with Crippen molar-refractivity contribution in [1.29, 1.82) is 0 Å². The molecule has 23 heavy (non-hydrogen) atoms. The van der Waals surface area contributed by atoms with Crippen molar-refractivity contribution in [2.75, 3.05) is 26.2 Å². The van der Waals surface area contributed by atoms with E-state index in [1.54, 1.807) is 4.90 Å². The number of carbonyl (C=O) groups is 3. The summed E-state index contributed by atoms with van der Waals surface area (Å²) in [7, 11) is 0. The fraction of sp³-hybridized carbons (Fsp3) is 0.812. The molecule has 7 nitrogen and oxygen atoms in total. The summed E-state index contributed by atoms with van der Waals surface area (Å²) in [6.45, 7) is 3.61. The highest BCUT2D eigenvalue weighted by Gasteiger charge is 2.52. The zero-order chi connectivity index (χ0) is 16.4. The molecule has 1 saturated carbocycles. The maximum atomic E-state index is 12.6. The first-order valence-electron chi connectivity index (χ1n) is 8.59. The van der Waals surface area contributed by atoms with Gasteiger partial charge in [0.2, 0.25) is 5.91 Å². The molecular formula is C16H25N3O4. The van der Waals surface area contributed by atoms with Gasteiger partial charge in [0.25, 0.3) is 5.91 Å². The third-order valence-electron chi connectivity index (χ3n) is 5.13. The predicted octanol–water partition coefficient (Wildman–Crippen LogP) is 0.879. The number of hydrogen-bond acceptors (Lipinski definition) is 4. The minimum absolute atomic E-state index is 0.0574. The number of carbonyl (C=O) groups excluding carboxylic acids is 3. The first kappa shape index (κ1) is 16.2. The fourth-order valence-corrected chi connectivity index (χ4v) is 3.91. The third kappa shape index (κ3) is 3.06. The number of urea groups is 1. The van der Waals surface area contributed by atoms with Crippen LogP contribution >= 0.6 is 0 Å². The van der Waals surface area contributed by atoms with Crippen LogP contribution in [0.25, 0.3) is 0 Å². The number of nitrogens with one attached hydrogen (secondary N) is 1. The number of ether oxygens (including phenoxy) is 1. The second-order valence-corrected chi connectivity index (χ2v) is 6.67. The van der Waals surface area contributed by atoms with Gasteiger partial charge < -0.3 is 15.0 Å². The lowest BCUT2D eigenvalue weighted by Crippen LogP contribution is -2.49. The zero-order valence-electron chi connectivity index (χ0n) is 13.7. The summed E-state index contributed by atoms with van der Waals surface area (Å²) in [6.07, 6.45) is 5.13. The van der Waals surface area contributed by atoms with Crippen LogP contribution in [0.3, 0.4) is 0 Å². The minimum atomic E-state index is -0.743. The number of likely N-dealkylation sites (tertiary alicyclic amines) is 1. The molecule has 2 saturated heterocycles. The van der Waals surface area contributed by atoms with E-state index in [9.17, 15) is 14.4 Å². The van der Waals surface area contributed by atoms with Crippen LogP contribution < -0.4 is 5.32 Å². The Hall–Kier alpha value is -1.63. The monoisotopic (exact) mass is 323 g/mol. The van der Waals surface area contributed by atoms with E-state index in [0.29, 0.717) is 32.5 Å². The maximum Gasteiger partial charge on any atom is 0.325 e. The Kier molecular flexibility index (Phi) is 4.57. The van der Waals surface area contributed by atoms with Crippen molar-refractivity contribution in [3.05, 3.63) is 0 Å². The number of hydrogen-bond donors (Lipinski definition) is 1. The van der Waals surface area contributed by atoms with Crippen LogP contribution in [0.15, 0.2) is 0 Å². The molecule has 1 aliphatic carbocycles. The van der Waals surface area contributed by atoms with Gasteiger partial charge in [0, 0.05) is 19.7 Å². The minimum Gasteiger partial charge on any atom is -0.377 e. The van der Waals surface area contributed by atoms with Crippen LogP contribution in [0.1, 0.15) is 45.4 Å². The number of rotatable bonds is 4. The highest BCUT2D eigenvalue weighted by atomic mass is 16.5. The van der Waals surface area contributed by atoms with E-state index in [2.05, 4.69) is 5.32 Å². The van der Waals surface area contributed by atoms with Crippen LogP contribution in [0.5, 0.6) is 0 Å². The van der Waals surface area contributed by atoms with Gasteiger partial charge in [-0.05, 0) is 32.6 Å². The molecule has 0 bridgehead atoms. The predicted molar refractivity (Wildman–Crippen MR) is 82.7 cm³/mol. The number of amides is 4. The van der Waals surface area contributed by atoms with Gasteiger partial charge >= 0.3 is 6.03 Å². The smallest absolute Gasteiger partial charge is 0.325 e. The van der Waals surface area contributed by atoms with Crippen molar-refractivity contribution in [2.24, 2.45) is 0 Å². The van der Waals surface area contributed by atoms with Crippen LogP contribution in [0, 0.1) is 0 Å². The van der Waals surface area contributed by atoms with Crippen molar-refractivity contribution >= 4 is 17.8 Å². The van der Waals surface area contributed by atoms with E-state index in [0.717, 1.165) is 30.6 Å². The van der Waals surface area contributed by atoms with Crippen molar-refractivity contribution in [2.45, 2.75) is 57.1 Å². The lowest BCUT2D eigenvalue weighted by molar-refractivity contribution is -0.141. The molecule has 2 heterocycles. The average molecular weight is 323 g/mol. The normalized spacial score (nSPS) is 26.9. The molecule has 1 N–H and O–H groups in total. The highest BCUT2D eigenvalue weighted by Crippen LogP contribution is 2.35. The molecule has 0 radical (unpaired) electrons. The molecule has 3 fully saturated rings. The Bertz CT molecular complexity index is 500. The quantitative estimate of drug-likeness (QED) is 0.779. The highest BCUT2D eigenvalue weighted by molar-refractivity contribution is 6.09. The lowest BCUT2D eigenvalue weighted by atomic mass is 9.98. The standard InChI is InChI=1S/C16H25N3O4/c1-2-23-12-6-5-9-18(10-12)13(20)11-19-14(21)16(17-15(19)22)7-3-4-8-16/h12H,2-11H2,1H3,(H,17,22).